The smallest absolute Gasteiger partial charge is 0.394 e. The Bertz CT molecular complexity index is 1580. The number of aliphatic hydroxyl groups is 1. The summed E-state index contributed by atoms with van der Waals surface area (Å²) < 4.78 is 106. The maximum Gasteiger partial charge on any atom is 0.522 e. The molecule has 1 fully saturated rings. The van der Waals surface area contributed by atoms with E-state index < -0.39 is 64.6 Å². The van der Waals surface area contributed by atoms with Crippen LogP contribution >= 0.6 is 0 Å². The van der Waals surface area contributed by atoms with Gasteiger partial charge in [0.1, 0.15) is 5.82 Å². The number of nitrogens with zero attached hydrogens (tertiary/aromatic N) is 2. The van der Waals surface area contributed by atoms with E-state index in [1.165, 1.54) is 61.7 Å². The van der Waals surface area contributed by atoms with Crippen LogP contribution in [-0.4, -0.2) is 62.3 Å². The zero-order valence-corrected chi connectivity index (χ0v) is 25.0. The van der Waals surface area contributed by atoms with Gasteiger partial charge in [0.25, 0.3) is 5.91 Å². The maximum absolute atomic E-state index is 13.1. The first-order valence-electron chi connectivity index (χ1n) is 13.8. The van der Waals surface area contributed by atoms with Crippen LogP contribution < -0.4 is 10.2 Å². The van der Waals surface area contributed by atoms with Crippen LogP contribution in [0, 0.1) is 0 Å². The first kappa shape index (κ1) is 34.2. The number of rotatable bonds is 10. The molecule has 1 aromatic heterocycles. The molecule has 0 bridgehead atoms. The van der Waals surface area contributed by atoms with Crippen LogP contribution in [0.3, 0.4) is 0 Å². The molecule has 2 aromatic carbocycles. The number of aromatic nitrogens is 1. The van der Waals surface area contributed by atoms with E-state index in [2.05, 4.69) is 15.0 Å². The molecule has 3 atom stereocenters. The Kier molecular flexibility index (Phi) is 9.85. The number of anilines is 1. The molecule has 8 nitrogen and oxygen atoms in total. The Morgan fingerprint density at radius 1 is 1.00 bits per heavy atom. The van der Waals surface area contributed by atoms with Gasteiger partial charge in [-0.2, -0.15) is 13.2 Å². The van der Waals surface area contributed by atoms with Crippen molar-refractivity contribution in [3.8, 4) is 0 Å². The summed E-state index contributed by atoms with van der Waals surface area (Å²) in [5.41, 5.74) is -1.11. The summed E-state index contributed by atoms with van der Waals surface area (Å²) in [5.74, 6) is -0.902. The predicted octanol–water partition coefficient (Wildman–Crippen LogP) is 5.43. The fourth-order valence-corrected chi connectivity index (χ4v) is 6.03. The maximum atomic E-state index is 13.1. The number of hydrogen-bond donors (Lipinski definition) is 2. The van der Waals surface area contributed by atoms with Gasteiger partial charge in [-0.1, -0.05) is 31.2 Å². The highest BCUT2D eigenvalue weighted by Crippen LogP contribution is 2.37. The van der Waals surface area contributed by atoms with Crippen molar-refractivity contribution in [3.63, 3.8) is 0 Å². The average molecular weight is 660 g/mol. The zero-order chi connectivity index (χ0) is 33.2. The van der Waals surface area contributed by atoms with Crippen LogP contribution in [0.15, 0.2) is 71.8 Å². The molecule has 1 aliphatic rings. The van der Waals surface area contributed by atoms with Crippen molar-refractivity contribution in [1.29, 1.82) is 0 Å². The lowest BCUT2D eigenvalue weighted by molar-refractivity contribution is -0.325. The van der Waals surface area contributed by atoms with Crippen LogP contribution in [0.1, 0.15) is 53.2 Å². The quantitative estimate of drug-likeness (QED) is 0.280. The molecule has 0 saturated carbocycles. The highest BCUT2D eigenvalue weighted by atomic mass is 32.2. The van der Waals surface area contributed by atoms with Gasteiger partial charge in [-0.05, 0) is 60.9 Å². The minimum atomic E-state index is -4.89. The van der Waals surface area contributed by atoms with Crippen LogP contribution in [-0.2, 0) is 26.3 Å². The van der Waals surface area contributed by atoms with E-state index in [0.29, 0.717) is 11.1 Å². The molecule has 0 aliphatic carbocycles. The number of pyridine rings is 1. The number of aliphatic hydroxyl groups excluding tert-OH is 1. The third kappa shape index (κ3) is 8.13. The highest BCUT2D eigenvalue weighted by molar-refractivity contribution is 7.91. The van der Waals surface area contributed by atoms with E-state index in [1.54, 1.807) is 11.8 Å². The SMILES string of the molecule is CCS(=O)(=O)c1ccc([C@@](C)(CO)NC(=O)c2ccc(N3C[C@@H](c4ccc(C(F)(F)F)cc4)C[C@H]3COC(F)(F)F)nc2)cc1. The monoisotopic (exact) mass is 659 g/mol. The Morgan fingerprint density at radius 3 is 2.13 bits per heavy atom. The van der Waals surface area contributed by atoms with Crippen molar-refractivity contribution >= 4 is 21.6 Å². The second kappa shape index (κ2) is 13.0. The normalized spacial score (nSPS) is 18.9. The summed E-state index contributed by atoms with van der Waals surface area (Å²) in [5, 5.41) is 12.8. The number of alkyl halides is 6. The Morgan fingerprint density at radius 2 is 1.62 bits per heavy atom. The summed E-state index contributed by atoms with van der Waals surface area (Å²) in [7, 11) is -3.45. The molecule has 0 spiro atoms. The number of halogens is 6. The van der Waals surface area contributed by atoms with Crippen LogP contribution in [0.5, 0.6) is 0 Å². The van der Waals surface area contributed by atoms with Gasteiger partial charge in [0.15, 0.2) is 9.84 Å². The number of amides is 1. The number of carbonyl (C=O) groups excluding carboxylic acids is 1. The van der Waals surface area contributed by atoms with Gasteiger partial charge < -0.3 is 15.3 Å². The summed E-state index contributed by atoms with van der Waals surface area (Å²) >= 11 is 0. The van der Waals surface area contributed by atoms with E-state index in [0.717, 1.165) is 12.1 Å². The first-order valence-corrected chi connectivity index (χ1v) is 15.5. The van der Waals surface area contributed by atoms with Crippen LogP contribution in [0.2, 0.25) is 0 Å². The molecule has 0 radical (unpaired) electrons. The van der Waals surface area contributed by atoms with E-state index in [-0.39, 0.29) is 35.0 Å². The molecule has 1 saturated heterocycles. The number of nitrogens with one attached hydrogen (secondary N) is 1. The molecular formula is C30H31F6N3O5S. The summed E-state index contributed by atoms with van der Waals surface area (Å²) in [6.07, 6.45) is -8.05. The van der Waals surface area contributed by atoms with Gasteiger partial charge in [0.2, 0.25) is 0 Å². The van der Waals surface area contributed by atoms with Crippen molar-refractivity contribution in [2.24, 2.45) is 0 Å². The van der Waals surface area contributed by atoms with Crippen molar-refractivity contribution in [3.05, 3.63) is 89.1 Å². The topological polar surface area (TPSA) is 109 Å². The standard InChI is InChI=1S/C30H31F6N3O5S/c1-3-45(42,43)25-11-9-22(10-12-25)28(2,18-40)38-27(41)20-6-13-26(37-15-20)39-16-21(14-24(39)17-44-30(34,35)36)19-4-7-23(8-5-19)29(31,32)33/h4-13,15,21,24,40H,3,14,16-18H2,1-2H3,(H,38,41)/t21-,24-,28+/m0/s1. The second-order valence-electron chi connectivity index (χ2n) is 10.9. The molecule has 0 unspecified atom stereocenters. The van der Waals surface area contributed by atoms with E-state index in [4.69, 9.17) is 0 Å². The number of carbonyl (C=O) groups is 1. The third-order valence-corrected chi connectivity index (χ3v) is 9.55. The Hall–Kier alpha value is -3.69. The van der Waals surface area contributed by atoms with E-state index >= 15 is 0 Å². The minimum Gasteiger partial charge on any atom is -0.394 e. The van der Waals surface area contributed by atoms with Crippen molar-refractivity contribution in [2.75, 3.05) is 30.4 Å². The lowest BCUT2D eigenvalue weighted by atomic mass is 9.92. The lowest BCUT2D eigenvalue weighted by Gasteiger charge is -2.30. The number of hydrogen-bond acceptors (Lipinski definition) is 7. The lowest BCUT2D eigenvalue weighted by Crippen LogP contribution is -2.46. The van der Waals surface area contributed by atoms with Crippen LogP contribution in [0.25, 0.3) is 0 Å². The predicted molar refractivity (Wildman–Crippen MR) is 152 cm³/mol. The molecule has 15 heteroatoms. The van der Waals surface area contributed by atoms with Gasteiger partial charge in [-0.25, -0.2) is 13.4 Å². The molecule has 1 aliphatic heterocycles. The minimum absolute atomic E-state index is 0.0742. The molecule has 4 rings (SSSR count). The molecule has 2 heterocycles. The number of benzene rings is 2. The molecule has 2 N–H and O–H groups in total. The van der Waals surface area contributed by atoms with E-state index in [9.17, 15) is 44.7 Å². The van der Waals surface area contributed by atoms with Crippen molar-refractivity contribution < 1.29 is 49.4 Å². The largest absolute Gasteiger partial charge is 0.522 e. The van der Waals surface area contributed by atoms with Gasteiger partial charge in [-0.15, -0.1) is 13.2 Å². The van der Waals surface area contributed by atoms with Gasteiger partial charge in [0, 0.05) is 18.7 Å². The summed E-state index contributed by atoms with van der Waals surface area (Å²) in [6, 6.07) is 12.2. The first-order chi connectivity index (χ1) is 21.0. The molecule has 1 amide bonds. The van der Waals surface area contributed by atoms with Gasteiger partial charge in [0.05, 0.1) is 46.6 Å². The molecule has 45 heavy (non-hydrogen) atoms. The van der Waals surface area contributed by atoms with E-state index in [1.807, 2.05) is 0 Å². The fourth-order valence-electron chi connectivity index (χ4n) is 5.14. The van der Waals surface area contributed by atoms with Crippen molar-refractivity contribution in [1.82, 2.24) is 10.3 Å². The highest BCUT2D eigenvalue weighted by Gasteiger charge is 2.39. The molecular weight excluding hydrogens is 628 g/mol. The zero-order valence-electron chi connectivity index (χ0n) is 24.2. The Labute approximate surface area is 256 Å². The third-order valence-electron chi connectivity index (χ3n) is 7.80. The number of sulfone groups is 1. The van der Waals surface area contributed by atoms with Crippen LogP contribution in [0.4, 0.5) is 32.2 Å². The van der Waals surface area contributed by atoms with Gasteiger partial charge >= 0.3 is 12.5 Å². The van der Waals surface area contributed by atoms with Crippen molar-refractivity contribution in [2.45, 2.75) is 55.2 Å². The number of ether oxygens (including phenoxy) is 1. The molecule has 244 valence electrons. The summed E-state index contributed by atoms with van der Waals surface area (Å²) in [6.45, 7) is 1.94. The fraction of sp³-hybridized carbons (Fsp3) is 0.400. The average Bonchev–Trinajstić information content (AvgIpc) is 3.44. The second-order valence-corrected chi connectivity index (χ2v) is 13.2. The summed E-state index contributed by atoms with van der Waals surface area (Å²) in [4.78, 5) is 19.0. The van der Waals surface area contributed by atoms with Gasteiger partial charge in [-0.3, -0.25) is 9.53 Å². The molecule has 3 aromatic rings. The Balaban J connectivity index is 1.52.